The summed E-state index contributed by atoms with van der Waals surface area (Å²) >= 11 is 0. The molecule has 0 spiro atoms. The lowest BCUT2D eigenvalue weighted by Gasteiger charge is -2.30. The van der Waals surface area contributed by atoms with Crippen LogP contribution >= 0.6 is 0 Å². The molecule has 3 aliphatic rings. The quantitative estimate of drug-likeness (QED) is 0.700. The molecule has 2 aliphatic carbocycles. The van der Waals surface area contributed by atoms with Crippen molar-refractivity contribution in [2.75, 3.05) is 11.9 Å². The van der Waals surface area contributed by atoms with E-state index in [1.807, 2.05) is 24.3 Å². The van der Waals surface area contributed by atoms with Crippen LogP contribution in [0, 0.1) is 28.9 Å². The van der Waals surface area contributed by atoms with Crippen molar-refractivity contribution in [1.82, 2.24) is 5.32 Å². The number of rotatable bonds is 5. The first-order valence-electron chi connectivity index (χ1n) is 12.0. The Hall–Kier alpha value is -3.09. The van der Waals surface area contributed by atoms with Gasteiger partial charge in [-0.25, -0.2) is 8.78 Å². The SMILES string of the molecule is CC(Cc1ccc(F)c(F)c1)C(=O)NC1N=C(C23CCC(CC2)C3)c2ccccc2N(C)C1=O. The minimum absolute atomic E-state index is 0.0491. The Kier molecular flexibility index (Phi) is 5.74. The molecule has 2 saturated carbocycles. The number of benzene rings is 2. The zero-order valence-electron chi connectivity index (χ0n) is 19.5. The van der Waals surface area contributed by atoms with Crippen LogP contribution in [0.1, 0.15) is 50.2 Å². The zero-order chi connectivity index (χ0) is 24.0. The third-order valence-electron chi connectivity index (χ3n) is 7.84. The summed E-state index contributed by atoms with van der Waals surface area (Å²) in [7, 11) is 1.72. The molecule has 2 unspecified atom stereocenters. The molecule has 2 aromatic carbocycles. The summed E-state index contributed by atoms with van der Waals surface area (Å²) in [6.45, 7) is 1.71. The van der Waals surface area contributed by atoms with Crippen LogP contribution in [-0.2, 0) is 16.0 Å². The number of hydrogen-bond donors (Lipinski definition) is 1. The summed E-state index contributed by atoms with van der Waals surface area (Å²) in [6.07, 6.45) is 4.72. The number of anilines is 1. The number of nitrogens with one attached hydrogen (secondary N) is 1. The predicted molar refractivity (Wildman–Crippen MR) is 127 cm³/mol. The highest BCUT2D eigenvalue weighted by Gasteiger charge is 2.50. The van der Waals surface area contributed by atoms with Gasteiger partial charge in [-0.3, -0.25) is 14.6 Å². The standard InChI is InChI=1S/C27H29F2N3O2/c1-16(13-18-7-8-20(28)21(29)14-18)25(33)31-24-26(34)32(2)22-6-4-3-5-19(22)23(30-24)27-11-9-17(15-27)10-12-27/h3-8,14,16-17,24H,9-13,15H2,1-2H3,(H,31,33). The molecule has 2 bridgehead atoms. The Balaban J connectivity index is 1.43. The number of benzodiazepines with no additional fused rings is 1. The van der Waals surface area contributed by atoms with E-state index < -0.39 is 23.7 Å². The lowest BCUT2D eigenvalue weighted by molar-refractivity contribution is -0.129. The summed E-state index contributed by atoms with van der Waals surface area (Å²) < 4.78 is 26.8. The Morgan fingerprint density at radius 1 is 1.18 bits per heavy atom. The first kappa shape index (κ1) is 22.7. The van der Waals surface area contributed by atoms with Crippen LogP contribution < -0.4 is 10.2 Å². The number of aliphatic imine (C=N–C) groups is 1. The van der Waals surface area contributed by atoms with Gasteiger partial charge < -0.3 is 10.2 Å². The van der Waals surface area contributed by atoms with Crippen LogP contribution in [0.15, 0.2) is 47.5 Å². The zero-order valence-corrected chi connectivity index (χ0v) is 19.5. The maximum atomic E-state index is 13.6. The molecule has 0 saturated heterocycles. The molecule has 1 N–H and O–H groups in total. The van der Waals surface area contributed by atoms with Crippen molar-refractivity contribution < 1.29 is 18.4 Å². The minimum Gasteiger partial charge on any atom is -0.326 e. The number of carbonyl (C=O) groups is 2. The number of para-hydroxylation sites is 1. The number of carbonyl (C=O) groups excluding carboxylic acids is 2. The molecular formula is C27H29F2N3O2. The van der Waals surface area contributed by atoms with E-state index >= 15 is 0 Å². The molecule has 2 aromatic rings. The van der Waals surface area contributed by atoms with E-state index in [4.69, 9.17) is 4.99 Å². The van der Waals surface area contributed by atoms with Gasteiger partial charge in [0.25, 0.3) is 5.91 Å². The van der Waals surface area contributed by atoms with Gasteiger partial charge in [-0.2, -0.15) is 0 Å². The predicted octanol–water partition coefficient (Wildman–Crippen LogP) is 4.63. The van der Waals surface area contributed by atoms with Gasteiger partial charge in [0, 0.05) is 23.9 Å². The van der Waals surface area contributed by atoms with Crippen LogP contribution in [-0.4, -0.2) is 30.7 Å². The fraction of sp³-hybridized carbons (Fsp3) is 0.444. The van der Waals surface area contributed by atoms with Crippen LogP contribution in [0.3, 0.4) is 0 Å². The van der Waals surface area contributed by atoms with Gasteiger partial charge in [-0.05, 0) is 68.2 Å². The molecule has 2 fully saturated rings. The molecule has 178 valence electrons. The Morgan fingerprint density at radius 2 is 1.91 bits per heavy atom. The molecule has 5 nitrogen and oxygen atoms in total. The van der Waals surface area contributed by atoms with E-state index in [0.29, 0.717) is 11.5 Å². The molecule has 7 heteroatoms. The van der Waals surface area contributed by atoms with Gasteiger partial charge in [-0.1, -0.05) is 31.2 Å². The van der Waals surface area contributed by atoms with Crippen molar-refractivity contribution in [3.05, 3.63) is 65.2 Å². The fourth-order valence-corrected chi connectivity index (χ4v) is 5.95. The molecule has 1 heterocycles. The Labute approximate surface area is 198 Å². The van der Waals surface area contributed by atoms with E-state index in [-0.39, 0.29) is 23.7 Å². The summed E-state index contributed by atoms with van der Waals surface area (Å²) in [6, 6.07) is 11.5. The van der Waals surface area contributed by atoms with E-state index in [9.17, 15) is 18.4 Å². The summed E-state index contributed by atoms with van der Waals surface area (Å²) in [5.74, 6) is -2.35. The summed E-state index contributed by atoms with van der Waals surface area (Å²) in [4.78, 5) is 33.0. The Bertz CT molecular complexity index is 1170. The number of halogens is 2. The van der Waals surface area contributed by atoms with Crippen molar-refractivity contribution in [3.63, 3.8) is 0 Å². The van der Waals surface area contributed by atoms with Crippen LogP contribution in [0.2, 0.25) is 0 Å². The van der Waals surface area contributed by atoms with Crippen molar-refractivity contribution in [2.45, 2.75) is 51.6 Å². The van der Waals surface area contributed by atoms with Crippen LogP contribution in [0.4, 0.5) is 14.5 Å². The summed E-state index contributed by atoms with van der Waals surface area (Å²) in [5.41, 5.74) is 3.17. The smallest absolute Gasteiger partial charge is 0.272 e. The van der Waals surface area contributed by atoms with Gasteiger partial charge in [0.2, 0.25) is 12.1 Å². The van der Waals surface area contributed by atoms with E-state index in [0.717, 1.165) is 48.4 Å². The van der Waals surface area contributed by atoms with Crippen molar-refractivity contribution >= 4 is 23.2 Å². The van der Waals surface area contributed by atoms with Crippen molar-refractivity contribution in [1.29, 1.82) is 0 Å². The van der Waals surface area contributed by atoms with E-state index in [2.05, 4.69) is 5.32 Å². The monoisotopic (exact) mass is 465 g/mol. The third kappa shape index (κ3) is 3.91. The molecule has 5 rings (SSSR count). The van der Waals surface area contributed by atoms with Crippen molar-refractivity contribution in [2.24, 2.45) is 22.2 Å². The second kappa shape index (κ2) is 8.60. The summed E-state index contributed by atoms with van der Waals surface area (Å²) in [5, 5.41) is 2.84. The van der Waals surface area contributed by atoms with Gasteiger partial charge in [0.05, 0.1) is 11.4 Å². The molecular weight excluding hydrogens is 436 g/mol. The van der Waals surface area contributed by atoms with E-state index in [1.54, 1.807) is 18.9 Å². The first-order chi connectivity index (χ1) is 16.3. The average molecular weight is 466 g/mol. The number of fused-ring (bicyclic) bond motifs is 3. The fourth-order valence-electron chi connectivity index (χ4n) is 5.95. The van der Waals surface area contributed by atoms with Gasteiger partial charge >= 0.3 is 0 Å². The molecule has 1 aliphatic heterocycles. The molecule has 2 atom stereocenters. The minimum atomic E-state index is -1.03. The van der Waals surface area contributed by atoms with Gasteiger partial charge in [0.15, 0.2) is 11.6 Å². The largest absolute Gasteiger partial charge is 0.326 e. The molecule has 0 aromatic heterocycles. The van der Waals surface area contributed by atoms with Gasteiger partial charge in [0.1, 0.15) is 0 Å². The topological polar surface area (TPSA) is 61.8 Å². The van der Waals surface area contributed by atoms with Crippen molar-refractivity contribution in [3.8, 4) is 0 Å². The number of nitrogens with zero attached hydrogens (tertiary/aromatic N) is 2. The maximum absolute atomic E-state index is 13.6. The Morgan fingerprint density at radius 3 is 2.59 bits per heavy atom. The lowest BCUT2D eigenvalue weighted by Crippen LogP contribution is -2.48. The number of likely N-dealkylation sites (N-methyl/N-ethyl adjacent to an activating group) is 1. The highest BCUT2D eigenvalue weighted by atomic mass is 19.2. The molecule has 2 amide bonds. The highest BCUT2D eigenvalue weighted by Crippen LogP contribution is 2.56. The third-order valence-corrected chi connectivity index (χ3v) is 7.84. The van der Waals surface area contributed by atoms with Crippen LogP contribution in [0.5, 0.6) is 0 Å². The van der Waals surface area contributed by atoms with E-state index in [1.165, 1.54) is 18.9 Å². The first-order valence-corrected chi connectivity index (χ1v) is 12.0. The average Bonchev–Trinajstić information content (AvgIpc) is 3.42. The van der Waals surface area contributed by atoms with Crippen LogP contribution in [0.25, 0.3) is 0 Å². The normalized spacial score (nSPS) is 26.6. The molecule has 34 heavy (non-hydrogen) atoms. The molecule has 0 radical (unpaired) electrons. The maximum Gasteiger partial charge on any atom is 0.272 e. The number of hydrogen-bond acceptors (Lipinski definition) is 3. The second-order valence-electron chi connectivity index (χ2n) is 10.1. The highest BCUT2D eigenvalue weighted by molar-refractivity contribution is 6.15. The number of amides is 2. The lowest BCUT2D eigenvalue weighted by atomic mass is 9.76. The van der Waals surface area contributed by atoms with Gasteiger partial charge in [-0.15, -0.1) is 0 Å². The second-order valence-corrected chi connectivity index (χ2v) is 10.1.